The minimum absolute atomic E-state index is 0.222. The Morgan fingerprint density at radius 1 is 1.21 bits per heavy atom. The summed E-state index contributed by atoms with van der Waals surface area (Å²) in [6, 6.07) is 12.6. The zero-order valence-electron chi connectivity index (χ0n) is 10.6. The highest BCUT2D eigenvalue weighted by molar-refractivity contribution is 7.10. The molecule has 2 atom stereocenters. The minimum Gasteiger partial charge on any atom is -0.369 e. The fourth-order valence-corrected chi connectivity index (χ4v) is 3.77. The molecular weight excluding hydrogens is 276 g/mol. The lowest BCUT2D eigenvalue weighted by Gasteiger charge is -2.37. The van der Waals surface area contributed by atoms with E-state index in [0.29, 0.717) is 5.92 Å². The molecule has 1 aromatic heterocycles. The first-order valence-corrected chi connectivity index (χ1v) is 7.77. The summed E-state index contributed by atoms with van der Waals surface area (Å²) in [6.45, 7) is 1.93. The maximum Gasteiger partial charge on any atom is 0.0426 e. The number of hydrogen-bond donors (Lipinski definition) is 1. The zero-order valence-corrected chi connectivity index (χ0v) is 12.2. The summed E-state index contributed by atoms with van der Waals surface area (Å²) < 4.78 is 0. The first kappa shape index (κ1) is 13.0. The molecule has 3 rings (SSSR count). The molecule has 0 aliphatic carbocycles. The maximum atomic E-state index is 6.23. The van der Waals surface area contributed by atoms with Crippen LogP contribution in [0.15, 0.2) is 41.8 Å². The van der Waals surface area contributed by atoms with E-state index in [1.165, 1.54) is 10.6 Å². The largest absolute Gasteiger partial charge is 0.369 e. The van der Waals surface area contributed by atoms with Gasteiger partial charge in [0, 0.05) is 40.6 Å². The van der Waals surface area contributed by atoms with Crippen LogP contribution in [0.2, 0.25) is 5.02 Å². The highest BCUT2D eigenvalue weighted by Crippen LogP contribution is 2.32. The average Bonchev–Trinajstić information content (AvgIpc) is 2.92. The van der Waals surface area contributed by atoms with Gasteiger partial charge in [0.2, 0.25) is 0 Å². The van der Waals surface area contributed by atoms with E-state index in [-0.39, 0.29) is 6.04 Å². The molecule has 0 spiro atoms. The molecule has 1 aliphatic rings. The number of nitrogens with two attached hydrogens (primary N) is 1. The molecule has 0 saturated carbocycles. The quantitative estimate of drug-likeness (QED) is 0.914. The highest BCUT2D eigenvalue weighted by atomic mass is 35.5. The number of piperidine rings is 1. The third-order valence-corrected chi connectivity index (χ3v) is 4.87. The Balaban J connectivity index is 1.83. The number of thiophene rings is 1. The molecule has 1 aliphatic heterocycles. The van der Waals surface area contributed by atoms with Crippen LogP contribution in [0.4, 0.5) is 5.69 Å². The van der Waals surface area contributed by atoms with Crippen LogP contribution in [0.25, 0.3) is 0 Å². The summed E-state index contributed by atoms with van der Waals surface area (Å²) in [7, 11) is 0. The Morgan fingerprint density at radius 2 is 2.11 bits per heavy atom. The predicted molar refractivity (Wildman–Crippen MR) is 83.3 cm³/mol. The summed E-state index contributed by atoms with van der Waals surface area (Å²) in [5, 5.41) is 2.92. The third kappa shape index (κ3) is 2.94. The average molecular weight is 293 g/mol. The maximum absolute atomic E-state index is 6.23. The standard InChI is InChI=1S/C15H17ClN2S/c16-12-3-1-4-14(8-12)18-9-11(7-13(17)10-18)15-5-2-6-19-15/h1-6,8,11,13H,7,9-10,17H2. The Kier molecular flexibility index (Phi) is 3.78. The molecule has 2 unspecified atom stereocenters. The van der Waals surface area contributed by atoms with Crippen molar-refractivity contribution in [1.82, 2.24) is 0 Å². The number of anilines is 1. The van der Waals surface area contributed by atoms with Crippen molar-refractivity contribution in [3.63, 3.8) is 0 Å². The van der Waals surface area contributed by atoms with Gasteiger partial charge in [0.25, 0.3) is 0 Å². The Bertz CT molecular complexity index is 541. The molecule has 1 aromatic carbocycles. The summed E-state index contributed by atoms with van der Waals surface area (Å²) in [6.07, 6.45) is 1.07. The second-order valence-corrected chi connectivity index (χ2v) is 6.51. The van der Waals surface area contributed by atoms with Gasteiger partial charge in [-0.2, -0.15) is 0 Å². The van der Waals surface area contributed by atoms with Gasteiger partial charge < -0.3 is 10.6 Å². The first-order valence-electron chi connectivity index (χ1n) is 6.52. The number of nitrogens with zero attached hydrogens (tertiary/aromatic N) is 1. The van der Waals surface area contributed by atoms with E-state index in [0.717, 1.165) is 24.5 Å². The molecule has 0 radical (unpaired) electrons. The van der Waals surface area contributed by atoms with E-state index in [2.05, 4.69) is 28.5 Å². The molecule has 100 valence electrons. The summed E-state index contributed by atoms with van der Waals surface area (Å²) in [4.78, 5) is 3.78. The van der Waals surface area contributed by atoms with Crippen LogP contribution >= 0.6 is 22.9 Å². The molecule has 2 aromatic rings. The topological polar surface area (TPSA) is 29.3 Å². The van der Waals surface area contributed by atoms with Crippen LogP contribution in [-0.4, -0.2) is 19.1 Å². The Hall–Kier alpha value is -1.03. The normalized spacial score (nSPS) is 23.6. The lowest BCUT2D eigenvalue weighted by molar-refractivity contribution is 0.458. The van der Waals surface area contributed by atoms with Gasteiger partial charge >= 0.3 is 0 Å². The van der Waals surface area contributed by atoms with E-state index in [1.54, 1.807) is 0 Å². The molecule has 1 saturated heterocycles. The van der Waals surface area contributed by atoms with Crippen molar-refractivity contribution in [2.75, 3.05) is 18.0 Å². The van der Waals surface area contributed by atoms with E-state index < -0.39 is 0 Å². The van der Waals surface area contributed by atoms with Gasteiger partial charge in [0.1, 0.15) is 0 Å². The smallest absolute Gasteiger partial charge is 0.0426 e. The van der Waals surface area contributed by atoms with Crippen LogP contribution in [0.5, 0.6) is 0 Å². The van der Waals surface area contributed by atoms with Crippen molar-refractivity contribution in [3.05, 3.63) is 51.7 Å². The predicted octanol–water partition coefficient (Wildman–Crippen LogP) is 3.72. The zero-order chi connectivity index (χ0) is 13.2. The van der Waals surface area contributed by atoms with E-state index >= 15 is 0 Å². The van der Waals surface area contributed by atoms with Gasteiger partial charge in [-0.3, -0.25) is 0 Å². The molecule has 0 amide bonds. The van der Waals surface area contributed by atoms with Crippen LogP contribution in [0, 0.1) is 0 Å². The number of benzene rings is 1. The van der Waals surface area contributed by atoms with Crippen molar-refractivity contribution >= 4 is 28.6 Å². The van der Waals surface area contributed by atoms with Crippen LogP contribution in [0.1, 0.15) is 17.2 Å². The third-order valence-electron chi connectivity index (χ3n) is 3.60. The van der Waals surface area contributed by atoms with Crippen molar-refractivity contribution in [2.45, 2.75) is 18.4 Å². The molecule has 0 bridgehead atoms. The van der Waals surface area contributed by atoms with Crippen LogP contribution in [0.3, 0.4) is 0 Å². The Morgan fingerprint density at radius 3 is 2.84 bits per heavy atom. The molecule has 2 nitrogen and oxygen atoms in total. The summed E-state index contributed by atoms with van der Waals surface area (Å²) in [5.74, 6) is 0.530. The molecular formula is C15H17ClN2S. The van der Waals surface area contributed by atoms with Crippen molar-refractivity contribution in [3.8, 4) is 0 Å². The molecule has 2 N–H and O–H groups in total. The molecule has 1 fully saturated rings. The number of hydrogen-bond acceptors (Lipinski definition) is 3. The fraction of sp³-hybridized carbons (Fsp3) is 0.333. The second kappa shape index (κ2) is 5.53. The first-order chi connectivity index (χ1) is 9.22. The summed E-state index contributed by atoms with van der Waals surface area (Å²) >= 11 is 7.90. The monoisotopic (exact) mass is 292 g/mol. The molecule has 2 heterocycles. The van der Waals surface area contributed by atoms with Gasteiger partial charge in [-0.1, -0.05) is 23.7 Å². The van der Waals surface area contributed by atoms with Gasteiger partial charge in [-0.25, -0.2) is 0 Å². The van der Waals surface area contributed by atoms with Crippen molar-refractivity contribution in [1.29, 1.82) is 0 Å². The fourth-order valence-electron chi connectivity index (χ4n) is 2.75. The molecule has 4 heteroatoms. The van der Waals surface area contributed by atoms with Crippen molar-refractivity contribution in [2.24, 2.45) is 5.73 Å². The van der Waals surface area contributed by atoms with Crippen LogP contribution in [-0.2, 0) is 0 Å². The highest BCUT2D eigenvalue weighted by Gasteiger charge is 2.27. The summed E-state index contributed by atoms with van der Waals surface area (Å²) in [5.41, 5.74) is 7.40. The number of rotatable bonds is 2. The van der Waals surface area contributed by atoms with Crippen LogP contribution < -0.4 is 10.6 Å². The van der Waals surface area contributed by atoms with Gasteiger partial charge in [0.15, 0.2) is 0 Å². The second-order valence-electron chi connectivity index (χ2n) is 5.09. The number of halogens is 1. The minimum atomic E-state index is 0.222. The van der Waals surface area contributed by atoms with Crippen molar-refractivity contribution < 1.29 is 0 Å². The van der Waals surface area contributed by atoms with E-state index in [1.807, 2.05) is 29.5 Å². The van der Waals surface area contributed by atoms with Gasteiger partial charge in [-0.05, 0) is 36.1 Å². The SMILES string of the molecule is NC1CC(c2cccs2)CN(c2cccc(Cl)c2)C1. The van der Waals surface area contributed by atoms with E-state index in [9.17, 15) is 0 Å². The van der Waals surface area contributed by atoms with Gasteiger partial charge in [-0.15, -0.1) is 11.3 Å². The lowest BCUT2D eigenvalue weighted by atomic mass is 9.93. The Labute approximate surface area is 122 Å². The molecule has 19 heavy (non-hydrogen) atoms. The van der Waals surface area contributed by atoms with E-state index in [4.69, 9.17) is 17.3 Å². The van der Waals surface area contributed by atoms with Gasteiger partial charge in [0.05, 0.1) is 0 Å². The lowest BCUT2D eigenvalue weighted by Crippen LogP contribution is -2.46.